The monoisotopic (exact) mass is 264 g/mol. The topological polar surface area (TPSA) is 40.5 Å². The van der Waals surface area contributed by atoms with E-state index in [0.717, 1.165) is 44.9 Å². The Labute approximate surface area is 117 Å². The first kappa shape index (κ1) is 14.8. The normalized spacial score (nSPS) is 36.1. The van der Waals surface area contributed by atoms with Crippen LogP contribution in [0, 0.1) is 17.8 Å². The number of allylic oxidation sites excluding steroid dienone is 1. The van der Waals surface area contributed by atoms with E-state index < -0.39 is 0 Å². The molecule has 108 valence electrons. The number of unbranched alkanes of at least 4 members (excludes halogenated alkanes) is 1. The lowest BCUT2D eigenvalue weighted by Crippen LogP contribution is -2.16. The molecule has 2 nitrogen and oxygen atoms in total. The van der Waals surface area contributed by atoms with Gasteiger partial charge in [-0.3, -0.25) is 0 Å². The number of rotatable bonds is 6. The molecule has 0 radical (unpaired) electrons. The summed E-state index contributed by atoms with van der Waals surface area (Å²) in [5, 5.41) is 20.0. The Hall–Kier alpha value is -0.600. The molecule has 19 heavy (non-hydrogen) atoms. The van der Waals surface area contributed by atoms with E-state index in [9.17, 15) is 10.2 Å². The molecule has 0 unspecified atom stereocenters. The van der Waals surface area contributed by atoms with Crippen molar-refractivity contribution in [3.63, 3.8) is 0 Å². The number of hydrogen-bond donors (Lipinski definition) is 2. The SMILES string of the molecule is C=C1C[C@H]2C[C@@H](O)[C@H](/C=C/C[C@@H](O)CCCC)[C@@H]2C1. The van der Waals surface area contributed by atoms with Crippen molar-refractivity contribution in [3.05, 3.63) is 24.3 Å². The minimum absolute atomic E-state index is 0.188. The van der Waals surface area contributed by atoms with Gasteiger partial charge in [0.15, 0.2) is 0 Å². The van der Waals surface area contributed by atoms with E-state index in [-0.39, 0.29) is 18.1 Å². The van der Waals surface area contributed by atoms with E-state index in [2.05, 4.69) is 25.7 Å². The summed E-state index contributed by atoms with van der Waals surface area (Å²) in [5.74, 6) is 1.51. The Kier molecular flexibility index (Phi) is 5.23. The fourth-order valence-corrected chi connectivity index (χ4v) is 3.79. The van der Waals surface area contributed by atoms with Crippen LogP contribution in [0.3, 0.4) is 0 Å². The van der Waals surface area contributed by atoms with Gasteiger partial charge in [0, 0.05) is 5.92 Å². The van der Waals surface area contributed by atoms with Crippen molar-refractivity contribution in [2.45, 2.75) is 64.1 Å². The molecular formula is C17H28O2. The summed E-state index contributed by atoms with van der Waals surface area (Å²) >= 11 is 0. The summed E-state index contributed by atoms with van der Waals surface area (Å²) in [4.78, 5) is 0. The third-order valence-corrected chi connectivity index (χ3v) is 4.82. The van der Waals surface area contributed by atoms with Gasteiger partial charge in [-0.15, -0.1) is 0 Å². The maximum Gasteiger partial charge on any atom is 0.0608 e. The van der Waals surface area contributed by atoms with E-state index in [0.29, 0.717) is 11.8 Å². The molecule has 2 aliphatic rings. The Bertz CT molecular complexity index is 334. The third-order valence-electron chi connectivity index (χ3n) is 4.82. The summed E-state index contributed by atoms with van der Waals surface area (Å²) in [6, 6.07) is 0. The highest BCUT2D eigenvalue weighted by Gasteiger charge is 2.44. The molecule has 0 aromatic rings. The molecule has 0 spiro atoms. The highest BCUT2D eigenvalue weighted by molar-refractivity contribution is 5.14. The molecule has 2 fully saturated rings. The van der Waals surface area contributed by atoms with Gasteiger partial charge in [-0.2, -0.15) is 0 Å². The zero-order valence-electron chi connectivity index (χ0n) is 12.1. The van der Waals surface area contributed by atoms with Crippen LogP contribution in [0.25, 0.3) is 0 Å². The van der Waals surface area contributed by atoms with Gasteiger partial charge in [-0.25, -0.2) is 0 Å². The first-order valence-corrected chi connectivity index (χ1v) is 7.81. The molecule has 2 heteroatoms. The first-order chi connectivity index (χ1) is 9.11. The van der Waals surface area contributed by atoms with Gasteiger partial charge in [0.2, 0.25) is 0 Å². The van der Waals surface area contributed by atoms with Crippen molar-refractivity contribution >= 4 is 0 Å². The number of fused-ring (bicyclic) bond motifs is 1. The van der Waals surface area contributed by atoms with Crippen LogP contribution in [0.15, 0.2) is 24.3 Å². The molecule has 0 aromatic heterocycles. The predicted molar refractivity (Wildman–Crippen MR) is 78.8 cm³/mol. The van der Waals surface area contributed by atoms with Gasteiger partial charge in [-0.05, 0) is 43.9 Å². The largest absolute Gasteiger partial charge is 0.393 e. The van der Waals surface area contributed by atoms with E-state index in [1.54, 1.807) is 0 Å². The molecule has 5 atom stereocenters. The lowest BCUT2D eigenvalue weighted by Gasteiger charge is -2.17. The molecule has 2 rings (SSSR count). The highest BCUT2D eigenvalue weighted by atomic mass is 16.3. The molecule has 0 heterocycles. The van der Waals surface area contributed by atoms with Gasteiger partial charge in [0.1, 0.15) is 0 Å². The van der Waals surface area contributed by atoms with E-state index in [1.807, 2.05) is 0 Å². The quantitative estimate of drug-likeness (QED) is 0.721. The van der Waals surface area contributed by atoms with Crippen LogP contribution in [-0.2, 0) is 0 Å². The molecule has 0 saturated heterocycles. The van der Waals surface area contributed by atoms with Crippen molar-refractivity contribution < 1.29 is 10.2 Å². The molecule has 2 N–H and O–H groups in total. The zero-order chi connectivity index (χ0) is 13.8. The fraction of sp³-hybridized carbons (Fsp3) is 0.765. The molecule has 0 aromatic carbocycles. The highest BCUT2D eigenvalue weighted by Crippen LogP contribution is 2.49. The van der Waals surface area contributed by atoms with Crippen molar-refractivity contribution in [3.8, 4) is 0 Å². The maximum absolute atomic E-state index is 10.1. The van der Waals surface area contributed by atoms with Crippen LogP contribution in [0.1, 0.15) is 51.9 Å². The molecular weight excluding hydrogens is 236 g/mol. The van der Waals surface area contributed by atoms with Crippen molar-refractivity contribution in [1.29, 1.82) is 0 Å². The lowest BCUT2D eigenvalue weighted by molar-refractivity contribution is 0.139. The average Bonchev–Trinajstić information content (AvgIpc) is 2.84. The fourth-order valence-electron chi connectivity index (χ4n) is 3.79. The molecule has 0 aliphatic heterocycles. The van der Waals surface area contributed by atoms with Gasteiger partial charge in [0.25, 0.3) is 0 Å². The maximum atomic E-state index is 10.1. The molecule has 0 bridgehead atoms. The van der Waals surface area contributed by atoms with Crippen LogP contribution in [0.2, 0.25) is 0 Å². The zero-order valence-corrected chi connectivity index (χ0v) is 12.1. The molecule has 0 amide bonds. The summed E-state index contributed by atoms with van der Waals surface area (Å²) in [5.41, 5.74) is 1.35. The van der Waals surface area contributed by atoms with Crippen molar-refractivity contribution in [2.24, 2.45) is 17.8 Å². The lowest BCUT2D eigenvalue weighted by atomic mass is 9.90. The number of aliphatic hydroxyl groups excluding tert-OH is 2. The van der Waals surface area contributed by atoms with E-state index in [1.165, 1.54) is 5.57 Å². The second-order valence-electron chi connectivity index (χ2n) is 6.42. The molecule has 2 aliphatic carbocycles. The van der Waals surface area contributed by atoms with Gasteiger partial charge < -0.3 is 10.2 Å². The second kappa shape index (κ2) is 6.71. The number of aliphatic hydroxyl groups is 2. The standard InChI is InChI=1S/C17H28O2/c1-3-4-6-14(18)7-5-8-15-16-10-12(2)9-13(16)11-17(15)19/h5,8,13-19H,2-4,6-7,9-11H2,1H3/b8-5+/t13-,14-,15+,16+,17+/m0/s1. The minimum Gasteiger partial charge on any atom is -0.393 e. The molecule has 2 saturated carbocycles. The van der Waals surface area contributed by atoms with Crippen LogP contribution in [-0.4, -0.2) is 22.4 Å². The first-order valence-electron chi connectivity index (χ1n) is 7.81. The van der Waals surface area contributed by atoms with Gasteiger partial charge in [0.05, 0.1) is 12.2 Å². The van der Waals surface area contributed by atoms with E-state index in [4.69, 9.17) is 0 Å². The van der Waals surface area contributed by atoms with Crippen LogP contribution in [0.4, 0.5) is 0 Å². The Balaban J connectivity index is 1.82. The summed E-state index contributed by atoms with van der Waals surface area (Å²) in [6.45, 7) is 6.24. The van der Waals surface area contributed by atoms with Crippen LogP contribution in [0.5, 0.6) is 0 Å². The average molecular weight is 264 g/mol. The second-order valence-corrected chi connectivity index (χ2v) is 6.42. The predicted octanol–water partition coefficient (Wildman–Crippen LogP) is 3.45. The Morgan fingerprint density at radius 2 is 2.21 bits per heavy atom. The van der Waals surface area contributed by atoms with Crippen LogP contribution >= 0.6 is 0 Å². The van der Waals surface area contributed by atoms with Crippen molar-refractivity contribution in [1.82, 2.24) is 0 Å². The Morgan fingerprint density at radius 3 is 2.95 bits per heavy atom. The van der Waals surface area contributed by atoms with E-state index >= 15 is 0 Å². The minimum atomic E-state index is -0.218. The smallest absolute Gasteiger partial charge is 0.0608 e. The number of hydrogen-bond acceptors (Lipinski definition) is 2. The van der Waals surface area contributed by atoms with Gasteiger partial charge in [-0.1, -0.05) is 44.1 Å². The summed E-state index contributed by atoms with van der Waals surface area (Å²) in [7, 11) is 0. The summed E-state index contributed by atoms with van der Waals surface area (Å²) in [6.07, 6.45) is 10.8. The van der Waals surface area contributed by atoms with Gasteiger partial charge >= 0.3 is 0 Å². The Morgan fingerprint density at radius 1 is 1.42 bits per heavy atom. The summed E-state index contributed by atoms with van der Waals surface area (Å²) < 4.78 is 0. The van der Waals surface area contributed by atoms with Crippen LogP contribution < -0.4 is 0 Å². The third kappa shape index (κ3) is 3.70. The van der Waals surface area contributed by atoms with Crippen molar-refractivity contribution in [2.75, 3.05) is 0 Å².